The molecule has 0 fully saturated rings. The van der Waals surface area contributed by atoms with Crippen LogP contribution in [0.1, 0.15) is 22.3 Å². The number of rotatable bonds is 7. The highest BCUT2D eigenvalue weighted by Gasteiger charge is 2.11. The zero-order valence-electron chi connectivity index (χ0n) is 15.9. The standard InChI is InChI=1S/C20H26FN3O2S/c1-15-5-4-6-16(11-15)9-10-23-20(22-2)24-13-18-12-19(21)8-7-17(18)14-27(3,25)26/h4-8,11-12H,9-10,13-14H2,1-3H3,(H2,22,23,24). The average molecular weight is 392 g/mol. The van der Waals surface area contributed by atoms with Crippen molar-refractivity contribution in [2.45, 2.75) is 25.6 Å². The van der Waals surface area contributed by atoms with E-state index in [0.29, 0.717) is 23.6 Å². The number of nitrogens with zero attached hydrogens (tertiary/aromatic N) is 1. The summed E-state index contributed by atoms with van der Waals surface area (Å²) in [5.41, 5.74) is 3.64. The Hall–Kier alpha value is -2.41. The molecule has 5 nitrogen and oxygen atoms in total. The number of benzene rings is 2. The van der Waals surface area contributed by atoms with Crippen molar-refractivity contribution < 1.29 is 12.8 Å². The molecular formula is C20H26FN3O2S. The Labute approximate surface area is 160 Å². The van der Waals surface area contributed by atoms with E-state index in [0.717, 1.165) is 6.42 Å². The molecule has 0 atom stereocenters. The maximum Gasteiger partial charge on any atom is 0.191 e. The zero-order valence-corrected chi connectivity index (χ0v) is 16.7. The van der Waals surface area contributed by atoms with E-state index < -0.39 is 15.7 Å². The second kappa shape index (κ2) is 9.50. The molecule has 2 N–H and O–H groups in total. The van der Waals surface area contributed by atoms with E-state index in [2.05, 4.69) is 40.7 Å². The number of hydrogen-bond donors (Lipinski definition) is 2. The Bertz CT molecular complexity index is 911. The molecule has 0 aliphatic heterocycles. The van der Waals surface area contributed by atoms with Gasteiger partial charge < -0.3 is 10.6 Å². The normalized spacial score (nSPS) is 12.1. The van der Waals surface area contributed by atoms with Crippen LogP contribution in [0.15, 0.2) is 47.5 Å². The SMILES string of the molecule is CN=C(NCCc1cccc(C)c1)NCc1cc(F)ccc1CS(C)(=O)=O. The summed E-state index contributed by atoms with van der Waals surface area (Å²) in [5.74, 6) is 0.0626. The Morgan fingerprint density at radius 3 is 2.56 bits per heavy atom. The van der Waals surface area contributed by atoms with Crippen LogP contribution >= 0.6 is 0 Å². The lowest BCUT2D eigenvalue weighted by Gasteiger charge is -2.14. The summed E-state index contributed by atoms with van der Waals surface area (Å²) >= 11 is 0. The van der Waals surface area contributed by atoms with Gasteiger partial charge in [-0.2, -0.15) is 0 Å². The number of nitrogens with one attached hydrogen (secondary N) is 2. The van der Waals surface area contributed by atoms with Crippen LogP contribution in [-0.4, -0.2) is 34.2 Å². The summed E-state index contributed by atoms with van der Waals surface area (Å²) < 4.78 is 36.7. The van der Waals surface area contributed by atoms with Crippen molar-refractivity contribution in [3.05, 3.63) is 70.5 Å². The van der Waals surface area contributed by atoms with E-state index >= 15 is 0 Å². The summed E-state index contributed by atoms with van der Waals surface area (Å²) in [6.07, 6.45) is 2.01. The Balaban J connectivity index is 1.94. The van der Waals surface area contributed by atoms with Crippen LogP contribution in [0, 0.1) is 12.7 Å². The van der Waals surface area contributed by atoms with Crippen molar-refractivity contribution in [1.29, 1.82) is 0 Å². The van der Waals surface area contributed by atoms with E-state index in [9.17, 15) is 12.8 Å². The van der Waals surface area contributed by atoms with Crippen LogP contribution < -0.4 is 10.6 Å². The first-order valence-corrected chi connectivity index (χ1v) is 10.8. The van der Waals surface area contributed by atoms with E-state index in [1.807, 2.05) is 6.07 Å². The average Bonchev–Trinajstić information content (AvgIpc) is 2.59. The molecule has 0 spiro atoms. The molecule has 2 rings (SSSR count). The molecule has 0 unspecified atom stereocenters. The van der Waals surface area contributed by atoms with Gasteiger partial charge in [-0.3, -0.25) is 4.99 Å². The molecule has 0 saturated heterocycles. The minimum Gasteiger partial charge on any atom is -0.356 e. The molecule has 0 aromatic heterocycles. The monoisotopic (exact) mass is 391 g/mol. The van der Waals surface area contributed by atoms with Gasteiger partial charge in [0, 0.05) is 26.4 Å². The predicted molar refractivity (Wildman–Crippen MR) is 108 cm³/mol. The summed E-state index contributed by atoms with van der Waals surface area (Å²) in [5, 5.41) is 6.33. The molecule has 0 heterocycles. The fraction of sp³-hybridized carbons (Fsp3) is 0.350. The summed E-state index contributed by atoms with van der Waals surface area (Å²) in [4.78, 5) is 4.16. The van der Waals surface area contributed by atoms with Gasteiger partial charge in [0.05, 0.1) is 5.75 Å². The lowest BCUT2D eigenvalue weighted by molar-refractivity contribution is 0.599. The minimum atomic E-state index is -3.20. The highest BCUT2D eigenvalue weighted by molar-refractivity contribution is 7.89. The van der Waals surface area contributed by atoms with Crippen LogP contribution in [0.4, 0.5) is 4.39 Å². The first kappa shape index (κ1) is 20.9. The maximum atomic E-state index is 13.6. The maximum absolute atomic E-state index is 13.6. The summed E-state index contributed by atoms with van der Waals surface area (Å²) in [7, 11) is -1.54. The molecule has 2 aromatic rings. The number of halogens is 1. The van der Waals surface area contributed by atoms with Crippen LogP contribution in [0.3, 0.4) is 0 Å². The van der Waals surface area contributed by atoms with Gasteiger partial charge in [0.1, 0.15) is 5.82 Å². The van der Waals surface area contributed by atoms with Gasteiger partial charge in [-0.25, -0.2) is 12.8 Å². The predicted octanol–water partition coefficient (Wildman–Crippen LogP) is 2.59. The molecular weight excluding hydrogens is 365 g/mol. The third kappa shape index (κ3) is 7.38. The topological polar surface area (TPSA) is 70.6 Å². The first-order chi connectivity index (χ1) is 12.8. The lowest BCUT2D eigenvalue weighted by Crippen LogP contribution is -2.38. The van der Waals surface area contributed by atoms with Crippen molar-refractivity contribution >= 4 is 15.8 Å². The van der Waals surface area contributed by atoms with Crippen LogP contribution in [0.2, 0.25) is 0 Å². The van der Waals surface area contributed by atoms with Gasteiger partial charge in [-0.05, 0) is 42.2 Å². The highest BCUT2D eigenvalue weighted by Crippen LogP contribution is 2.14. The zero-order chi connectivity index (χ0) is 19.9. The third-order valence-corrected chi connectivity index (χ3v) is 4.88. The second-order valence-corrected chi connectivity index (χ2v) is 8.71. The van der Waals surface area contributed by atoms with Crippen LogP contribution in [0.5, 0.6) is 0 Å². The molecule has 0 aliphatic carbocycles. The number of aliphatic imine (C=N–C) groups is 1. The van der Waals surface area contributed by atoms with Crippen molar-refractivity contribution in [1.82, 2.24) is 10.6 Å². The largest absolute Gasteiger partial charge is 0.356 e. The van der Waals surface area contributed by atoms with Crippen LogP contribution in [0.25, 0.3) is 0 Å². The van der Waals surface area contributed by atoms with E-state index in [4.69, 9.17) is 0 Å². The van der Waals surface area contributed by atoms with E-state index in [1.54, 1.807) is 7.05 Å². The molecule has 2 aromatic carbocycles. The Kier molecular flexibility index (Phi) is 7.36. The summed E-state index contributed by atoms with van der Waals surface area (Å²) in [6, 6.07) is 12.5. The van der Waals surface area contributed by atoms with Crippen molar-refractivity contribution in [2.24, 2.45) is 4.99 Å². The molecule has 0 bridgehead atoms. The van der Waals surface area contributed by atoms with E-state index in [-0.39, 0.29) is 12.3 Å². The van der Waals surface area contributed by atoms with Crippen molar-refractivity contribution in [3.8, 4) is 0 Å². The first-order valence-electron chi connectivity index (χ1n) is 8.72. The second-order valence-electron chi connectivity index (χ2n) is 6.57. The lowest BCUT2D eigenvalue weighted by atomic mass is 10.1. The third-order valence-electron chi connectivity index (χ3n) is 4.04. The minimum absolute atomic E-state index is 0.121. The quantitative estimate of drug-likeness (QED) is 0.562. The number of hydrogen-bond acceptors (Lipinski definition) is 3. The molecule has 0 saturated carbocycles. The fourth-order valence-corrected chi connectivity index (χ4v) is 3.62. The Morgan fingerprint density at radius 1 is 1.11 bits per heavy atom. The highest BCUT2D eigenvalue weighted by atomic mass is 32.2. The molecule has 0 aliphatic rings. The number of aryl methyl sites for hydroxylation is 1. The van der Waals surface area contributed by atoms with Gasteiger partial charge in [0.25, 0.3) is 0 Å². The molecule has 7 heteroatoms. The fourth-order valence-electron chi connectivity index (χ4n) is 2.77. The number of guanidine groups is 1. The van der Waals surface area contributed by atoms with Crippen molar-refractivity contribution in [2.75, 3.05) is 19.8 Å². The smallest absolute Gasteiger partial charge is 0.191 e. The van der Waals surface area contributed by atoms with E-state index in [1.165, 1.54) is 35.6 Å². The molecule has 0 radical (unpaired) electrons. The van der Waals surface area contributed by atoms with Gasteiger partial charge in [-0.1, -0.05) is 35.9 Å². The van der Waals surface area contributed by atoms with Gasteiger partial charge >= 0.3 is 0 Å². The van der Waals surface area contributed by atoms with Crippen LogP contribution in [-0.2, 0) is 28.6 Å². The molecule has 27 heavy (non-hydrogen) atoms. The molecule has 146 valence electrons. The van der Waals surface area contributed by atoms with Gasteiger partial charge in [-0.15, -0.1) is 0 Å². The number of sulfone groups is 1. The van der Waals surface area contributed by atoms with Crippen molar-refractivity contribution in [3.63, 3.8) is 0 Å². The molecule has 0 amide bonds. The van der Waals surface area contributed by atoms with Gasteiger partial charge in [0.15, 0.2) is 15.8 Å². The van der Waals surface area contributed by atoms with Gasteiger partial charge in [0.2, 0.25) is 0 Å². The summed E-state index contributed by atoms with van der Waals surface area (Å²) in [6.45, 7) is 3.04. The Morgan fingerprint density at radius 2 is 1.89 bits per heavy atom.